The van der Waals surface area contributed by atoms with Gasteiger partial charge in [0.05, 0.1) is 19.2 Å². The van der Waals surface area contributed by atoms with E-state index in [0.717, 1.165) is 10.6 Å². The summed E-state index contributed by atoms with van der Waals surface area (Å²) < 4.78 is 11.1. The number of carbonyl (C=O) groups is 1. The number of carboxylic acid groups (broad SMARTS) is 1. The summed E-state index contributed by atoms with van der Waals surface area (Å²) in [5, 5.41) is 11.4. The summed E-state index contributed by atoms with van der Waals surface area (Å²) in [5.74, 6) is 1.11. The van der Waals surface area contributed by atoms with Crippen molar-refractivity contribution < 1.29 is 19.4 Å². The average molecular weight is 341 g/mol. The first-order valence-electron chi connectivity index (χ1n) is 7.23. The van der Waals surface area contributed by atoms with E-state index in [2.05, 4.69) is 4.98 Å². The van der Waals surface area contributed by atoms with Crippen molar-refractivity contribution in [1.29, 1.82) is 0 Å². The number of hydrogen-bond donors (Lipinski definition) is 1. The van der Waals surface area contributed by atoms with Crippen molar-refractivity contribution in [2.24, 2.45) is 0 Å². The van der Waals surface area contributed by atoms with E-state index in [-0.39, 0.29) is 6.42 Å². The first kappa shape index (κ1) is 16.0. The second-order valence-electron chi connectivity index (χ2n) is 4.99. The van der Waals surface area contributed by atoms with Crippen LogP contribution < -0.4 is 9.47 Å². The number of aliphatic carboxylic acids is 1. The number of aromatic nitrogens is 1. The van der Waals surface area contributed by atoms with Crippen molar-refractivity contribution >= 4 is 17.3 Å². The molecule has 0 radical (unpaired) electrons. The van der Waals surface area contributed by atoms with Crippen molar-refractivity contribution in [3.05, 3.63) is 59.6 Å². The molecule has 0 atom stereocenters. The van der Waals surface area contributed by atoms with Crippen molar-refractivity contribution in [2.45, 2.75) is 6.42 Å². The first-order chi connectivity index (χ1) is 11.7. The molecule has 0 fully saturated rings. The third kappa shape index (κ3) is 3.72. The van der Waals surface area contributed by atoms with E-state index in [4.69, 9.17) is 14.6 Å². The molecule has 0 amide bonds. The zero-order valence-corrected chi connectivity index (χ0v) is 13.7. The van der Waals surface area contributed by atoms with Gasteiger partial charge in [-0.25, -0.2) is 4.98 Å². The minimum atomic E-state index is -0.882. The minimum absolute atomic E-state index is 0.0640. The molecule has 3 rings (SSSR count). The fourth-order valence-electron chi connectivity index (χ4n) is 2.17. The highest BCUT2D eigenvalue weighted by atomic mass is 32.1. The van der Waals surface area contributed by atoms with Crippen LogP contribution in [0.4, 0.5) is 0 Å². The zero-order valence-electron chi connectivity index (χ0n) is 12.9. The second kappa shape index (κ2) is 7.14. The van der Waals surface area contributed by atoms with Crippen LogP contribution in [-0.2, 0) is 11.2 Å². The lowest BCUT2D eigenvalue weighted by molar-refractivity contribution is -0.136. The molecule has 3 aromatic rings. The molecule has 1 heterocycles. The molecule has 0 saturated carbocycles. The molecule has 1 aromatic heterocycles. The maximum absolute atomic E-state index is 10.7. The first-order valence-corrected chi connectivity index (χ1v) is 8.11. The summed E-state index contributed by atoms with van der Waals surface area (Å²) >= 11 is 1.43. The van der Waals surface area contributed by atoms with Crippen LogP contribution in [-0.4, -0.2) is 23.2 Å². The Bertz CT molecular complexity index is 842. The number of rotatable bonds is 6. The normalized spacial score (nSPS) is 10.4. The Labute approximate surface area is 143 Å². The fraction of sp³-hybridized carbons (Fsp3) is 0.111. The largest absolute Gasteiger partial charge is 0.493 e. The lowest BCUT2D eigenvalue weighted by Crippen LogP contribution is -1.99. The average Bonchev–Trinajstić information content (AvgIpc) is 3.04. The van der Waals surface area contributed by atoms with Gasteiger partial charge in [0.25, 0.3) is 0 Å². The Balaban J connectivity index is 1.76. The number of benzene rings is 2. The molecule has 0 saturated heterocycles. The van der Waals surface area contributed by atoms with Gasteiger partial charge in [-0.3, -0.25) is 4.79 Å². The fourth-order valence-corrected chi connectivity index (χ4v) is 3.00. The molecule has 0 aliphatic heterocycles. The Morgan fingerprint density at radius 3 is 2.50 bits per heavy atom. The van der Waals surface area contributed by atoms with Gasteiger partial charge in [-0.2, -0.15) is 0 Å². The predicted molar refractivity (Wildman–Crippen MR) is 92.0 cm³/mol. The van der Waals surface area contributed by atoms with E-state index in [9.17, 15) is 4.79 Å². The van der Waals surface area contributed by atoms with Crippen molar-refractivity contribution in [3.8, 4) is 27.8 Å². The van der Waals surface area contributed by atoms with Crippen LogP contribution in [0.3, 0.4) is 0 Å². The molecule has 5 nitrogen and oxygen atoms in total. The van der Waals surface area contributed by atoms with Crippen molar-refractivity contribution in [3.63, 3.8) is 0 Å². The Morgan fingerprint density at radius 2 is 1.83 bits per heavy atom. The molecular weight excluding hydrogens is 326 g/mol. The molecule has 0 bridgehead atoms. The maximum atomic E-state index is 10.7. The number of thiazole rings is 1. The number of methoxy groups -OCH3 is 1. The lowest BCUT2D eigenvalue weighted by Gasteiger charge is -2.10. The molecule has 0 unspecified atom stereocenters. The highest BCUT2D eigenvalue weighted by Gasteiger charge is 2.09. The van der Waals surface area contributed by atoms with Gasteiger partial charge in [-0.1, -0.05) is 12.1 Å². The third-order valence-corrected chi connectivity index (χ3v) is 4.22. The summed E-state index contributed by atoms with van der Waals surface area (Å²) in [4.78, 5) is 15.1. The van der Waals surface area contributed by atoms with Crippen LogP contribution in [0, 0.1) is 0 Å². The number of nitrogens with zero attached hydrogens (tertiary/aromatic N) is 1. The molecule has 1 N–H and O–H groups in total. The second-order valence-corrected chi connectivity index (χ2v) is 5.85. The molecule has 0 aliphatic rings. The van der Waals surface area contributed by atoms with Gasteiger partial charge in [0.15, 0.2) is 11.5 Å². The van der Waals surface area contributed by atoms with Crippen LogP contribution in [0.1, 0.15) is 5.69 Å². The van der Waals surface area contributed by atoms with E-state index >= 15 is 0 Å². The summed E-state index contributed by atoms with van der Waals surface area (Å²) in [6, 6.07) is 14.9. The van der Waals surface area contributed by atoms with Crippen LogP contribution in [0.2, 0.25) is 0 Å². The van der Waals surface area contributed by atoms with Gasteiger partial charge in [0.2, 0.25) is 0 Å². The molecule has 122 valence electrons. The van der Waals surface area contributed by atoms with Crippen LogP contribution >= 0.6 is 11.3 Å². The summed E-state index contributed by atoms with van der Waals surface area (Å²) in [6.07, 6.45) is -0.0640. The number of para-hydroxylation sites is 2. The third-order valence-electron chi connectivity index (χ3n) is 3.28. The van der Waals surface area contributed by atoms with Crippen LogP contribution in [0.25, 0.3) is 10.6 Å². The summed E-state index contributed by atoms with van der Waals surface area (Å²) in [6.45, 7) is 0. The van der Waals surface area contributed by atoms with Crippen molar-refractivity contribution in [2.75, 3.05) is 7.11 Å². The maximum Gasteiger partial charge on any atom is 0.309 e. The van der Waals surface area contributed by atoms with E-state index in [1.54, 1.807) is 12.5 Å². The van der Waals surface area contributed by atoms with E-state index in [1.807, 2.05) is 48.5 Å². The molecule has 0 spiro atoms. The quantitative estimate of drug-likeness (QED) is 0.726. The Hall–Kier alpha value is -2.86. The monoisotopic (exact) mass is 341 g/mol. The number of ether oxygens (including phenoxy) is 2. The van der Waals surface area contributed by atoms with Crippen LogP contribution in [0.5, 0.6) is 17.2 Å². The summed E-state index contributed by atoms with van der Waals surface area (Å²) in [7, 11) is 1.60. The number of hydrogen-bond acceptors (Lipinski definition) is 5. The Kier molecular flexibility index (Phi) is 4.77. The molecule has 0 aliphatic carbocycles. The SMILES string of the molecule is COc1ccccc1Oc1ccc(-c2nc(CC(=O)O)cs2)cc1. The highest BCUT2D eigenvalue weighted by Crippen LogP contribution is 2.32. The van der Waals surface area contributed by atoms with Gasteiger partial charge in [-0.05, 0) is 36.4 Å². The number of carboxylic acids is 1. The lowest BCUT2D eigenvalue weighted by atomic mass is 10.2. The van der Waals surface area contributed by atoms with Gasteiger partial charge in [0.1, 0.15) is 10.8 Å². The highest BCUT2D eigenvalue weighted by molar-refractivity contribution is 7.13. The van der Waals surface area contributed by atoms with Crippen LogP contribution in [0.15, 0.2) is 53.9 Å². The zero-order chi connectivity index (χ0) is 16.9. The Morgan fingerprint density at radius 1 is 1.12 bits per heavy atom. The van der Waals surface area contributed by atoms with Crippen molar-refractivity contribution in [1.82, 2.24) is 4.98 Å². The summed E-state index contributed by atoms with van der Waals surface area (Å²) in [5.41, 5.74) is 1.49. The minimum Gasteiger partial charge on any atom is -0.493 e. The smallest absolute Gasteiger partial charge is 0.309 e. The molecule has 2 aromatic carbocycles. The van der Waals surface area contributed by atoms with E-state index in [0.29, 0.717) is 22.9 Å². The van der Waals surface area contributed by atoms with Gasteiger partial charge in [0, 0.05) is 10.9 Å². The van der Waals surface area contributed by atoms with E-state index in [1.165, 1.54) is 11.3 Å². The van der Waals surface area contributed by atoms with Gasteiger partial charge >= 0.3 is 5.97 Å². The standard InChI is InChI=1S/C18H15NO4S/c1-22-15-4-2-3-5-16(15)23-14-8-6-12(7-9-14)18-19-13(11-24-18)10-17(20)21/h2-9,11H,10H2,1H3,(H,20,21). The van der Waals surface area contributed by atoms with Gasteiger partial charge < -0.3 is 14.6 Å². The van der Waals surface area contributed by atoms with E-state index < -0.39 is 5.97 Å². The molecule has 6 heteroatoms. The molecular formula is C18H15NO4S. The predicted octanol–water partition coefficient (Wildman–Crippen LogP) is 4.24. The topological polar surface area (TPSA) is 68.7 Å². The van der Waals surface area contributed by atoms with Gasteiger partial charge in [-0.15, -0.1) is 11.3 Å². The molecule has 24 heavy (non-hydrogen) atoms.